The van der Waals surface area contributed by atoms with Crippen LogP contribution in [0.1, 0.15) is 63.8 Å². The molecule has 0 aliphatic rings. The van der Waals surface area contributed by atoms with E-state index >= 15 is 0 Å². The van der Waals surface area contributed by atoms with Gasteiger partial charge in [0.05, 0.1) is 32.8 Å². The van der Waals surface area contributed by atoms with E-state index in [4.69, 9.17) is 9.97 Å². The minimum atomic E-state index is -0.0474. The summed E-state index contributed by atoms with van der Waals surface area (Å²) < 4.78 is 3.49. The third-order valence-corrected chi connectivity index (χ3v) is 12.0. The minimum Gasteiger partial charge on any atom is -0.294 e. The van der Waals surface area contributed by atoms with Gasteiger partial charge < -0.3 is 0 Å². The first-order chi connectivity index (χ1) is 25.8. The van der Waals surface area contributed by atoms with Crippen LogP contribution in [0.3, 0.4) is 0 Å². The van der Waals surface area contributed by atoms with E-state index in [-0.39, 0.29) is 10.8 Å². The number of aromatic nitrogens is 3. The highest BCUT2D eigenvalue weighted by Gasteiger charge is 2.23. The van der Waals surface area contributed by atoms with Gasteiger partial charge in [0.25, 0.3) is 0 Å². The maximum atomic E-state index is 5.57. The van der Waals surface area contributed by atoms with Crippen molar-refractivity contribution in [2.75, 3.05) is 0 Å². The number of thiophene rings is 1. The van der Waals surface area contributed by atoms with Gasteiger partial charge in [-0.1, -0.05) is 120 Å². The van der Waals surface area contributed by atoms with Crippen molar-refractivity contribution in [2.24, 2.45) is 0 Å². The van der Waals surface area contributed by atoms with Crippen LogP contribution >= 0.6 is 11.3 Å². The molecule has 0 N–H and O–H groups in total. The molecule has 0 saturated carbocycles. The van der Waals surface area contributed by atoms with Crippen molar-refractivity contribution in [1.82, 2.24) is 14.5 Å². The Hall–Kier alpha value is -5.58. The second-order valence-electron chi connectivity index (χ2n) is 16.9. The highest BCUT2D eigenvalue weighted by Crippen LogP contribution is 2.44. The fourth-order valence-corrected chi connectivity index (χ4v) is 9.29. The lowest BCUT2D eigenvalue weighted by Gasteiger charge is -2.23. The fraction of sp³-hybridized carbons (Fsp3) is 0.200. The number of para-hydroxylation sites is 2. The highest BCUT2D eigenvalue weighted by atomic mass is 32.1. The molecule has 266 valence electrons. The molecular formula is C50H45N3S. The molecule has 0 radical (unpaired) electrons. The molecule has 0 amide bonds. The summed E-state index contributed by atoms with van der Waals surface area (Å²) in [5.74, 6) is 0.896. The predicted octanol–water partition coefficient (Wildman–Crippen LogP) is 14.2. The largest absolute Gasteiger partial charge is 0.294 e. The molecule has 0 fully saturated rings. The number of aryl methyl sites for hydroxylation is 2. The third-order valence-electron chi connectivity index (χ3n) is 10.8. The van der Waals surface area contributed by atoms with Crippen LogP contribution in [0.15, 0.2) is 127 Å². The molecule has 4 heterocycles. The molecule has 3 nitrogen and oxygen atoms in total. The first kappa shape index (κ1) is 34.2. The number of hydrogen-bond acceptors (Lipinski definition) is 3. The van der Waals surface area contributed by atoms with Gasteiger partial charge in [-0.25, -0.2) is 9.97 Å². The molecule has 0 saturated heterocycles. The van der Waals surface area contributed by atoms with Crippen LogP contribution in [0.25, 0.3) is 81.6 Å². The van der Waals surface area contributed by atoms with Gasteiger partial charge in [-0.2, -0.15) is 0 Å². The lowest BCUT2D eigenvalue weighted by atomic mass is 9.82. The maximum absolute atomic E-state index is 5.57. The van der Waals surface area contributed by atoms with Gasteiger partial charge in [-0.15, -0.1) is 11.3 Å². The fourth-order valence-electron chi connectivity index (χ4n) is 8.05. The van der Waals surface area contributed by atoms with Crippen LogP contribution in [0, 0.1) is 13.8 Å². The summed E-state index contributed by atoms with van der Waals surface area (Å²) in [4.78, 5) is 12.2. The smallest absolute Gasteiger partial charge is 0.138 e. The molecule has 4 aromatic heterocycles. The molecule has 0 aliphatic carbocycles. The molecule has 0 atom stereocenters. The summed E-state index contributed by atoms with van der Waals surface area (Å²) in [5, 5.41) is 6.15. The van der Waals surface area contributed by atoms with Gasteiger partial charge in [0.2, 0.25) is 0 Å². The van der Waals surface area contributed by atoms with E-state index in [1.165, 1.54) is 58.8 Å². The second kappa shape index (κ2) is 12.5. The van der Waals surface area contributed by atoms with Crippen LogP contribution in [0.5, 0.6) is 0 Å². The van der Waals surface area contributed by atoms with Crippen molar-refractivity contribution in [3.63, 3.8) is 0 Å². The van der Waals surface area contributed by atoms with Crippen LogP contribution in [-0.2, 0) is 10.8 Å². The Morgan fingerprint density at radius 2 is 1.20 bits per heavy atom. The van der Waals surface area contributed by atoms with Crippen molar-refractivity contribution in [2.45, 2.75) is 66.2 Å². The molecule has 54 heavy (non-hydrogen) atoms. The number of hydrogen-bond donors (Lipinski definition) is 0. The maximum Gasteiger partial charge on any atom is 0.138 e. The Morgan fingerprint density at radius 1 is 0.556 bits per heavy atom. The van der Waals surface area contributed by atoms with E-state index in [9.17, 15) is 0 Å². The number of benzene rings is 5. The second-order valence-corrected chi connectivity index (χ2v) is 18.0. The molecule has 9 aromatic rings. The molecule has 0 bridgehead atoms. The summed E-state index contributed by atoms with van der Waals surface area (Å²) in [7, 11) is 0. The van der Waals surface area contributed by atoms with Crippen molar-refractivity contribution in [3.8, 4) is 38.9 Å². The standard InChI is InChI=1S/C50H45N3S/c1-30-23-41(51-46(24-30)53-43-19-13-11-17-38(43)39-18-12-14-20-44(39)53)42-28-34-29-45(36-22-21-35(25-31(36)2)49(3,4)5)54-48(34)47(52-42)33-26-32-15-9-10-16-37(32)40(27-33)50(6,7)8/h9-29H,1-8H3. The van der Waals surface area contributed by atoms with Gasteiger partial charge in [0.1, 0.15) is 5.82 Å². The summed E-state index contributed by atoms with van der Waals surface area (Å²) in [6.07, 6.45) is 0. The minimum absolute atomic E-state index is 0.0474. The average Bonchev–Trinajstić information content (AvgIpc) is 3.72. The summed E-state index contributed by atoms with van der Waals surface area (Å²) in [5.41, 5.74) is 12.6. The van der Waals surface area contributed by atoms with Crippen LogP contribution in [-0.4, -0.2) is 14.5 Å². The zero-order valence-corrected chi connectivity index (χ0v) is 33.2. The Bertz CT molecular complexity index is 2870. The van der Waals surface area contributed by atoms with E-state index in [1.54, 1.807) is 0 Å². The van der Waals surface area contributed by atoms with E-state index < -0.39 is 0 Å². The van der Waals surface area contributed by atoms with Crippen molar-refractivity contribution in [1.29, 1.82) is 0 Å². The molecule has 0 spiro atoms. The number of pyridine rings is 2. The van der Waals surface area contributed by atoms with Crippen molar-refractivity contribution < 1.29 is 0 Å². The Morgan fingerprint density at radius 3 is 1.87 bits per heavy atom. The van der Waals surface area contributed by atoms with Crippen molar-refractivity contribution >= 4 is 54.0 Å². The van der Waals surface area contributed by atoms with Gasteiger partial charge in [-0.05, 0) is 117 Å². The first-order valence-electron chi connectivity index (χ1n) is 18.9. The molecular weight excluding hydrogens is 675 g/mol. The zero-order valence-electron chi connectivity index (χ0n) is 32.4. The Labute approximate surface area is 322 Å². The summed E-state index contributed by atoms with van der Waals surface area (Å²) in [6, 6.07) is 46.6. The van der Waals surface area contributed by atoms with Crippen LogP contribution in [0.2, 0.25) is 0 Å². The van der Waals surface area contributed by atoms with Gasteiger partial charge in [0, 0.05) is 21.2 Å². The van der Waals surface area contributed by atoms with Crippen molar-refractivity contribution in [3.05, 3.63) is 150 Å². The predicted molar refractivity (Wildman–Crippen MR) is 232 cm³/mol. The summed E-state index contributed by atoms with van der Waals surface area (Å²) in [6.45, 7) is 18.2. The lowest BCUT2D eigenvalue weighted by molar-refractivity contribution is 0.590. The van der Waals surface area contributed by atoms with Gasteiger partial charge in [-0.3, -0.25) is 4.57 Å². The monoisotopic (exact) mass is 719 g/mol. The molecule has 0 unspecified atom stereocenters. The van der Waals surface area contributed by atoms with Crippen LogP contribution < -0.4 is 0 Å². The topological polar surface area (TPSA) is 30.7 Å². The highest BCUT2D eigenvalue weighted by molar-refractivity contribution is 7.22. The molecule has 4 heteroatoms. The number of nitrogens with zero attached hydrogens (tertiary/aromatic N) is 3. The average molecular weight is 720 g/mol. The molecule has 0 aliphatic heterocycles. The van der Waals surface area contributed by atoms with Gasteiger partial charge in [0.15, 0.2) is 0 Å². The van der Waals surface area contributed by atoms with E-state index in [0.717, 1.165) is 45.1 Å². The summed E-state index contributed by atoms with van der Waals surface area (Å²) >= 11 is 1.84. The zero-order chi connectivity index (χ0) is 37.5. The first-order valence-corrected chi connectivity index (χ1v) is 19.7. The third kappa shape index (κ3) is 5.81. The number of fused-ring (bicyclic) bond motifs is 5. The molecule has 9 rings (SSSR count). The van der Waals surface area contributed by atoms with Gasteiger partial charge >= 0.3 is 0 Å². The molecule has 5 aromatic carbocycles. The normalized spacial score (nSPS) is 12.4. The van der Waals surface area contributed by atoms with E-state index in [2.05, 4.69) is 187 Å². The number of rotatable bonds is 4. The Balaban J connectivity index is 1.30. The van der Waals surface area contributed by atoms with E-state index in [1.807, 2.05) is 11.3 Å². The SMILES string of the molecule is Cc1cc(-c2cc3cc(-c4ccc(C(C)(C)C)cc4C)sc3c(-c3cc(C(C)(C)C)c4ccccc4c3)n2)nc(-n2c3ccccc3c3ccccc32)c1. The quantitative estimate of drug-likeness (QED) is 0.181. The van der Waals surface area contributed by atoms with Crippen LogP contribution in [0.4, 0.5) is 0 Å². The lowest BCUT2D eigenvalue weighted by Crippen LogP contribution is -2.12. The Kier molecular flexibility index (Phi) is 7.92. The van der Waals surface area contributed by atoms with E-state index in [0.29, 0.717) is 0 Å².